The number of pyridine rings is 1. The first kappa shape index (κ1) is 28.2. The molecule has 1 saturated heterocycles. The molecule has 200 valence electrons. The first-order chi connectivity index (χ1) is 17.1. The zero-order valence-electron chi connectivity index (χ0n) is 22.7. The number of nitrogens with one attached hydrogen (secondary N) is 1. The quantitative estimate of drug-likeness (QED) is 0.420. The van der Waals surface area contributed by atoms with E-state index in [1.165, 1.54) is 18.4 Å². The van der Waals surface area contributed by atoms with Crippen LogP contribution >= 0.6 is 0 Å². The molecule has 1 unspecified atom stereocenters. The molecule has 1 fully saturated rings. The highest BCUT2D eigenvalue weighted by molar-refractivity contribution is 5.86. The normalized spacial score (nSPS) is 21.3. The molecule has 1 aliphatic carbocycles. The summed E-state index contributed by atoms with van der Waals surface area (Å²) >= 11 is 0. The molecule has 0 bridgehead atoms. The fraction of sp³-hybridized carbons (Fsp3) is 0.655. The van der Waals surface area contributed by atoms with Gasteiger partial charge in [-0.3, -0.25) is 4.79 Å². The van der Waals surface area contributed by atoms with Crippen LogP contribution in [0.25, 0.3) is 0 Å². The Morgan fingerprint density at radius 2 is 1.94 bits per heavy atom. The van der Waals surface area contributed by atoms with Crippen LogP contribution in [0.4, 0.5) is 5.82 Å². The van der Waals surface area contributed by atoms with Gasteiger partial charge in [-0.1, -0.05) is 32.4 Å². The number of amides is 1. The Morgan fingerprint density at radius 3 is 2.50 bits per heavy atom. The molecule has 0 spiro atoms. The minimum atomic E-state index is -0.703. The number of aromatic nitrogens is 1. The number of hydrogen-bond donors (Lipinski definition) is 3. The fourth-order valence-electron chi connectivity index (χ4n) is 4.79. The number of anilines is 1. The largest absolute Gasteiger partial charge is 0.494 e. The fourth-order valence-corrected chi connectivity index (χ4v) is 4.79. The minimum absolute atomic E-state index is 0.126. The number of carbonyl (C=O) groups excluding carboxylic acids is 1. The van der Waals surface area contributed by atoms with Gasteiger partial charge in [0, 0.05) is 19.3 Å². The number of allylic oxidation sites excluding steroid dienone is 2. The Hall–Kier alpha value is -2.38. The number of nitrogens with zero attached hydrogens (tertiary/aromatic N) is 2. The number of ether oxygens (including phenoxy) is 1. The van der Waals surface area contributed by atoms with Crippen molar-refractivity contribution in [3.8, 4) is 0 Å². The Kier molecular flexibility index (Phi) is 9.59. The summed E-state index contributed by atoms with van der Waals surface area (Å²) in [6, 6.07) is 3.73. The summed E-state index contributed by atoms with van der Waals surface area (Å²) in [6.45, 7) is 12.7. The van der Waals surface area contributed by atoms with Crippen molar-refractivity contribution in [1.29, 1.82) is 0 Å². The molecule has 7 heteroatoms. The van der Waals surface area contributed by atoms with Crippen molar-refractivity contribution in [3.05, 3.63) is 47.4 Å². The zero-order valence-corrected chi connectivity index (χ0v) is 22.7. The summed E-state index contributed by atoms with van der Waals surface area (Å²) in [6.07, 6.45) is 11.0. The third-order valence-electron chi connectivity index (χ3n) is 7.80. The van der Waals surface area contributed by atoms with Crippen molar-refractivity contribution in [2.45, 2.75) is 78.2 Å². The van der Waals surface area contributed by atoms with Gasteiger partial charge in [0.25, 0.3) is 0 Å². The number of carbonyl (C=O) groups is 1. The van der Waals surface area contributed by atoms with E-state index in [1.54, 1.807) is 0 Å². The van der Waals surface area contributed by atoms with Gasteiger partial charge >= 0.3 is 0 Å². The lowest BCUT2D eigenvalue weighted by molar-refractivity contribution is -0.129. The lowest BCUT2D eigenvalue weighted by atomic mass is 9.76. The third-order valence-corrected chi connectivity index (χ3v) is 7.80. The molecule has 0 saturated carbocycles. The number of hydrogen-bond acceptors (Lipinski definition) is 6. The van der Waals surface area contributed by atoms with Crippen LogP contribution in [0.15, 0.2) is 41.8 Å². The minimum Gasteiger partial charge on any atom is -0.494 e. The van der Waals surface area contributed by atoms with E-state index in [-0.39, 0.29) is 24.5 Å². The van der Waals surface area contributed by atoms with Gasteiger partial charge in [0.15, 0.2) is 0 Å². The SMILES string of the molecule is CC1=CC(OCCCC2CCN(c3ccc(C(C)(C)C)cn3)CC2)=CCC1(C)C(=O)NC(CO)CO. The highest BCUT2D eigenvalue weighted by Gasteiger charge is 2.37. The molecule has 1 aliphatic heterocycles. The van der Waals surface area contributed by atoms with Gasteiger partial charge in [0.2, 0.25) is 5.91 Å². The third kappa shape index (κ3) is 7.10. The molecule has 1 atom stereocenters. The van der Waals surface area contributed by atoms with Gasteiger partial charge in [0.1, 0.15) is 11.6 Å². The first-order valence-electron chi connectivity index (χ1n) is 13.3. The predicted molar refractivity (Wildman–Crippen MR) is 144 cm³/mol. The van der Waals surface area contributed by atoms with E-state index >= 15 is 0 Å². The number of piperidine rings is 1. The predicted octanol–water partition coefficient (Wildman–Crippen LogP) is 4.10. The Labute approximate surface area is 216 Å². The highest BCUT2D eigenvalue weighted by atomic mass is 16.5. The van der Waals surface area contributed by atoms with E-state index in [0.29, 0.717) is 18.9 Å². The van der Waals surface area contributed by atoms with Gasteiger partial charge in [0.05, 0.1) is 31.3 Å². The van der Waals surface area contributed by atoms with Crippen LogP contribution in [0.2, 0.25) is 0 Å². The topological polar surface area (TPSA) is 94.9 Å². The molecule has 36 heavy (non-hydrogen) atoms. The summed E-state index contributed by atoms with van der Waals surface area (Å²) in [5, 5.41) is 21.2. The van der Waals surface area contributed by atoms with Crippen LogP contribution < -0.4 is 10.2 Å². The average molecular weight is 500 g/mol. The van der Waals surface area contributed by atoms with Crippen molar-refractivity contribution in [2.24, 2.45) is 11.3 Å². The van der Waals surface area contributed by atoms with E-state index in [2.05, 4.69) is 43.1 Å². The van der Waals surface area contributed by atoms with Crippen LogP contribution in [0, 0.1) is 11.3 Å². The second-order valence-corrected chi connectivity index (χ2v) is 11.6. The molecular formula is C29H45N3O4. The molecule has 1 amide bonds. The van der Waals surface area contributed by atoms with Crippen LogP contribution in [0.5, 0.6) is 0 Å². The van der Waals surface area contributed by atoms with Gasteiger partial charge in [-0.25, -0.2) is 4.98 Å². The molecule has 1 aromatic heterocycles. The molecule has 3 rings (SSSR count). The molecular weight excluding hydrogens is 454 g/mol. The molecule has 0 radical (unpaired) electrons. The van der Waals surface area contributed by atoms with E-state index < -0.39 is 11.5 Å². The highest BCUT2D eigenvalue weighted by Crippen LogP contribution is 2.37. The molecule has 2 aliphatic rings. The second kappa shape index (κ2) is 12.2. The van der Waals surface area contributed by atoms with E-state index in [4.69, 9.17) is 9.72 Å². The van der Waals surface area contributed by atoms with Gasteiger partial charge in [-0.15, -0.1) is 0 Å². The number of rotatable bonds is 10. The van der Waals surface area contributed by atoms with Crippen molar-refractivity contribution in [1.82, 2.24) is 10.3 Å². The average Bonchev–Trinajstić information content (AvgIpc) is 2.87. The van der Waals surface area contributed by atoms with E-state index in [0.717, 1.165) is 43.1 Å². The van der Waals surface area contributed by atoms with Crippen molar-refractivity contribution < 1.29 is 19.7 Å². The zero-order chi connectivity index (χ0) is 26.3. The molecule has 1 aromatic rings. The summed E-state index contributed by atoms with van der Waals surface area (Å²) in [4.78, 5) is 19.8. The van der Waals surface area contributed by atoms with E-state index in [9.17, 15) is 15.0 Å². The van der Waals surface area contributed by atoms with Crippen LogP contribution in [0.1, 0.15) is 72.3 Å². The number of aliphatic hydroxyl groups excluding tert-OH is 2. The van der Waals surface area contributed by atoms with Crippen molar-refractivity contribution >= 4 is 11.7 Å². The maximum Gasteiger partial charge on any atom is 0.230 e. The molecule has 2 heterocycles. The maximum atomic E-state index is 12.7. The Balaban J connectivity index is 1.38. The standard InChI is InChI=1S/C29H45N3O4/c1-21-17-25(10-13-29(21,5)27(35)31-24(19-33)20-34)36-16-6-7-22-11-14-32(15-12-22)26-9-8-23(18-30-26)28(2,3)4/h8-10,17-18,22,24,33-34H,6-7,11-16,19-20H2,1-5H3,(H,31,35). The molecule has 7 nitrogen and oxygen atoms in total. The van der Waals surface area contributed by atoms with Gasteiger partial charge in [-0.2, -0.15) is 0 Å². The summed E-state index contributed by atoms with van der Waals surface area (Å²) in [7, 11) is 0. The van der Waals surface area contributed by atoms with Crippen molar-refractivity contribution in [3.63, 3.8) is 0 Å². The maximum absolute atomic E-state index is 12.7. The van der Waals surface area contributed by atoms with Crippen molar-refractivity contribution in [2.75, 3.05) is 37.8 Å². The van der Waals surface area contributed by atoms with Crippen LogP contribution in [0.3, 0.4) is 0 Å². The Morgan fingerprint density at radius 1 is 1.25 bits per heavy atom. The summed E-state index contributed by atoms with van der Waals surface area (Å²) in [5.74, 6) is 2.43. The second-order valence-electron chi connectivity index (χ2n) is 11.6. The first-order valence-corrected chi connectivity index (χ1v) is 13.3. The molecule has 3 N–H and O–H groups in total. The van der Waals surface area contributed by atoms with Gasteiger partial charge in [-0.05, 0) is 81.1 Å². The summed E-state index contributed by atoms with van der Waals surface area (Å²) < 4.78 is 6.02. The van der Waals surface area contributed by atoms with Crippen LogP contribution in [-0.4, -0.2) is 60.1 Å². The van der Waals surface area contributed by atoms with Gasteiger partial charge < -0.3 is 25.2 Å². The smallest absolute Gasteiger partial charge is 0.230 e. The lowest BCUT2D eigenvalue weighted by Crippen LogP contribution is -2.48. The Bertz CT molecular complexity index is 923. The number of aliphatic hydroxyl groups is 2. The van der Waals surface area contributed by atoms with Crippen LogP contribution in [-0.2, 0) is 14.9 Å². The lowest BCUT2D eigenvalue weighted by Gasteiger charge is -2.33. The molecule has 0 aromatic carbocycles. The van der Waals surface area contributed by atoms with E-state index in [1.807, 2.05) is 32.2 Å². The summed E-state index contributed by atoms with van der Waals surface area (Å²) in [5.41, 5.74) is 1.61. The monoisotopic (exact) mass is 499 g/mol.